The molecule has 0 amide bonds. The molecule has 1 aliphatic rings. The topological polar surface area (TPSA) is 50.2 Å². The van der Waals surface area contributed by atoms with Crippen molar-refractivity contribution in [2.24, 2.45) is 0 Å². The van der Waals surface area contributed by atoms with Crippen LogP contribution in [0.4, 0.5) is 5.69 Å². The van der Waals surface area contributed by atoms with Gasteiger partial charge in [-0.15, -0.1) is 0 Å². The number of hydrogen-bond acceptors (Lipinski definition) is 4. The molecule has 118 valence electrons. The molecule has 1 atom stereocenters. The molecule has 0 aromatic carbocycles. The second-order valence-corrected chi connectivity index (χ2v) is 6.40. The molecule has 1 saturated heterocycles. The maximum atomic E-state index is 12.3. The first-order valence-corrected chi connectivity index (χ1v) is 8.70. The van der Waals surface area contributed by atoms with Gasteiger partial charge in [-0.1, -0.05) is 13.8 Å². The molecule has 0 spiro atoms. The summed E-state index contributed by atoms with van der Waals surface area (Å²) in [5.74, 6) is 0. The third kappa shape index (κ3) is 4.07. The number of rotatable bonds is 6. The molecule has 21 heavy (non-hydrogen) atoms. The number of piperidine rings is 1. The number of halogens is 1. The van der Waals surface area contributed by atoms with Crippen LogP contribution in [0.3, 0.4) is 0 Å². The number of nitrogens with one attached hydrogen (secondary N) is 1. The van der Waals surface area contributed by atoms with Crippen molar-refractivity contribution in [2.75, 3.05) is 24.5 Å². The highest BCUT2D eigenvalue weighted by molar-refractivity contribution is 9.10. The summed E-state index contributed by atoms with van der Waals surface area (Å²) in [6.45, 7) is 7.87. The first kappa shape index (κ1) is 16.5. The highest BCUT2D eigenvalue weighted by Crippen LogP contribution is 2.25. The molecular formula is C15H25BrN4O. The van der Waals surface area contributed by atoms with E-state index in [1.807, 2.05) is 13.1 Å². The Morgan fingerprint density at radius 3 is 2.95 bits per heavy atom. The van der Waals surface area contributed by atoms with Gasteiger partial charge < -0.3 is 10.2 Å². The van der Waals surface area contributed by atoms with Crippen LogP contribution in [0.5, 0.6) is 0 Å². The lowest BCUT2D eigenvalue weighted by Crippen LogP contribution is -2.46. The molecule has 1 unspecified atom stereocenters. The minimum Gasteiger partial charge on any atom is -0.368 e. The first-order valence-electron chi connectivity index (χ1n) is 7.91. The molecule has 0 bridgehead atoms. The zero-order chi connectivity index (χ0) is 15.2. The van der Waals surface area contributed by atoms with Gasteiger partial charge in [0.2, 0.25) is 0 Å². The van der Waals surface area contributed by atoms with Crippen LogP contribution in [-0.4, -0.2) is 35.5 Å². The zero-order valence-corrected chi connectivity index (χ0v) is 14.5. The monoisotopic (exact) mass is 356 g/mol. The number of anilines is 1. The van der Waals surface area contributed by atoms with E-state index in [0.29, 0.717) is 17.1 Å². The Balaban J connectivity index is 2.14. The van der Waals surface area contributed by atoms with Gasteiger partial charge in [0, 0.05) is 25.7 Å². The van der Waals surface area contributed by atoms with E-state index in [1.54, 1.807) is 0 Å². The largest absolute Gasteiger partial charge is 0.368 e. The van der Waals surface area contributed by atoms with Crippen molar-refractivity contribution in [1.29, 1.82) is 0 Å². The van der Waals surface area contributed by atoms with Crippen molar-refractivity contribution in [3.05, 3.63) is 21.0 Å². The van der Waals surface area contributed by atoms with Crippen LogP contribution in [0, 0.1) is 0 Å². The Kier molecular flexibility index (Phi) is 6.23. The second-order valence-electron chi connectivity index (χ2n) is 5.61. The Labute approximate surface area is 134 Å². The van der Waals surface area contributed by atoms with Crippen molar-refractivity contribution in [3.8, 4) is 0 Å². The number of nitrogens with zero attached hydrogens (tertiary/aromatic N) is 3. The van der Waals surface area contributed by atoms with E-state index in [0.717, 1.165) is 44.6 Å². The number of hydrogen-bond donors (Lipinski definition) is 1. The zero-order valence-electron chi connectivity index (χ0n) is 12.9. The summed E-state index contributed by atoms with van der Waals surface area (Å²) >= 11 is 3.47. The molecule has 0 radical (unpaired) electrons. The third-order valence-electron chi connectivity index (χ3n) is 3.85. The van der Waals surface area contributed by atoms with Gasteiger partial charge in [-0.3, -0.25) is 4.79 Å². The van der Waals surface area contributed by atoms with E-state index < -0.39 is 0 Å². The Morgan fingerprint density at radius 1 is 1.43 bits per heavy atom. The fourth-order valence-corrected chi connectivity index (χ4v) is 3.32. The van der Waals surface area contributed by atoms with Gasteiger partial charge in [0.1, 0.15) is 4.47 Å². The molecule has 2 heterocycles. The highest BCUT2D eigenvalue weighted by Gasteiger charge is 2.22. The summed E-state index contributed by atoms with van der Waals surface area (Å²) in [5.41, 5.74) is 0.897. The smallest absolute Gasteiger partial charge is 0.283 e. The summed E-state index contributed by atoms with van der Waals surface area (Å²) < 4.78 is 2.17. The molecule has 1 aromatic rings. The van der Waals surface area contributed by atoms with Crippen molar-refractivity contribution in [2.45, 2.75) is 52.1 Å². The SMILES string of the molecule is CCCNC1CCCN(c2cnn(CCC)c(=O)c2Br)C1. The maximum absolute atomic E-state index is 12.3. The maximum Gasteiger partial charge on any atom is 0.283 e. The quantitative estimate of drug-likeness (QED) is 0.849. The summed E-state index contributed by atoms with van der Waals surface area (Å²) in [5, 5.41) is 7.88. The summed E-state index contributed by atoms with van der Waals surface area (Å²) in [4.78, 5) is 14.6. The van der Waals surface area contributed by atoms with Gasteiger partial charge in [0.25, 0.3) is 5.56 Å². The summed E-state index contributed by atoms with van der Waals surface area (Å²) in [7, 11) is 0. The molecule has 6 heteroatoms. The minimum atomic E-state index is -0.0296. The van der Waals surface area contributed by atoms with E-state index in [4.69, 9.17) is 0 Å². The minimum absolute atomic E-state index is 0.0296. The summed E-state index contributed by atoms with van der Waals surface area (Å²) in [6.07, 6.45) is 6.23. The van der Waals surface area contributed by atoms with Gasteiger partial charge in [0.05, 0.1) is 11.9 Å². The Bertz CT molecular complexity index is 517. The molecule has 0 saturated carbocycles. The van der Waals surface area contributed by atoms with E-state index >= 15 is 0 Å². The predicted octanol–water partition coefficient (Wildman–Crippen LogP) is 2.38. The van der Waals surface area contributed by atoms with Crippen molar-refractivity contribution >= 4 is 21.6 Å². The molecule has 5 nitrogen and oxygen atoms in total. The lowest BCUT2D eigenvalue weighted by molar-refractivity contribution is 0.422. The number of aryl methyl sites for hydroxylation is 1. The van der Waals surface area contributed by atoms with Crippen LogP contribution in [0.15, 0.2) is 15.5 Å². The normalized spacial score (nSPS) is 19.0. The molecule has 2 rings (SSSR count). The standard InChI is InChI=1S/C15H25BrN4O/c1-3-7-17-12-6-5-9-19(11-12)13-10-18-20(8-4-2)15(21)14(13)16/h10,12,17H,3-9,11H2,1-2H3. The lowest BCUT2D eigenvalue weighted by atomic mass is 10.1. The highest BCUT2D eigenvalue weighted by atomic mass is 79.9. The van der Waals surface area contributed by atoms with Crippen LogP contribution >= 0.6 is 15.9 Å². The van der Waals surface area contributed by atoms with Crippen LogP contribution < -0.4 is 15.8 Å². The van der Waals surface area contributed by atoms with Gasteiger partial charge in [-0.2, -0.15) is 5.10 Å². The van der Waals surface area contributed by atoms with Crippen molar-refractivity contribution < 1.29 is 0 Å². The fraction of sp³-hybridized carbons (Fsp3) is 0.733. The first-order chi connectivity index (χ1) is 10.2. The van der Waals surface area contributed by atoms with Crippen LogP contribution in [0.2, 0.25) is 0 Å². The predicted molar refractivity (Wildman–Crippen MR) is 90.0 cm³/mol. The van der Waals surface area contributed by atoms with Gasteiger partial charge in [-0.25, -0.2) is 4.68 Å². The molecule has 1 N–H and O–H groups in total. The Hall–Kier alpha value is -0.880. The van der Waals surface area contributed by atoms with Gasteiger partial charge >= 0.3 is 0 Å². The molecule has 1 fully saturated rings. The Morgan fingerprint density at radius 2 is 2.24 bits per heavy atom. The second kappa shape index (κ2) is 7.94. The van der Waals surface area contributed by atoms with E-state index in [-0.39, 0.29) is 5.56 Å². The fourth-order valence-electron chi connectivity index (χ4n) is 2.76. The van der Waals surface area contributed by atoms with Crippen LogP contribution in [0.25, 0.3) is 0 Å². The van der Waals surface area contributed by atoms with Gasteiger partial charge in [-0.05, 0) is 48.2 Å². The number of aromatic nitrogens is 2. The van der Waals surface area contributed by atoms with Crippen LogP contribution in [0.1, 0.15) is 39.5 Å². The molecule has 1 aromatic heterocycles. The van der Waals surface area contributed by atoms with Crippen molar-refractivity contribution in [3.63, 3.8) is 0 Å². The molecular weight excluding hydrogens is 332 g/mol. The summed E-state index contributed by atoms with van der Waals surface area (Å²) in [6, 6.07) is 0.503. The average molecular weight is 357 g/mol. The van der Waals surface area contributed by atoms with Gasteiger partial charge in [0.15, 0.2) is 0 Å². The lowest BCUT2D eigenvalue weighted by Gasteiger charge is -2.35. The van der Waals surface area contributed by atoms with E-state index in [9.17, 15) is 4.79 Å². The van der Waals surface area contributed by atoms with Crippen LogP contribution in [-0.2, 0) is 6.54 Å². The van der Waals surface area contributed by atoms with Crippen molar-refractivity contribution in [1.82, 2.24) is 15.1 Å². The molecule has 0 aliphatic carbocycles. The average Bonchev–Trinajstić information content (AvgIpc) is 2.50. The van der Waals surface area contributed by atoms with E-state index in [2.05, 4.69) is 38.2 Å². The van der Waals surface area contributed by atoms with E-state index in [1.165, 1.54) is 11.1 Å². The molecule has 1 aliphatic heterocycles. The third-order valence-corrected chi connectivity index (χ3v) is 4.59.